The molecule has 5 aromatic carbocycles. The number of pyridine rings is 1. The molecule has 0 aliphatic heterocycles. The Morgan fingerprint density at radius 1 is 0.711 bits per heavy atom. The molecule has 0 atom stereocenters. The third kappa shape index (κ3) is 4.51. The Labute approximate surface area is 276 Å². The number of hydrogen-bond donors (Lipinski definition) is 0. The minimum Gasteiger partial charge on any atom is -0.464 e. The van der Waals surface area contributed by atoms with Crippen LogP contribution in [0, 0.1) is 18.5 Å². The zero-order chi connectivity index (χ0) is 30.8. The fourth-order valence-corrected chi connectivity index (χ4v) is 6.06. The van der Waals surface area contributed by atoms with Gasteiger partial charge in [-0.25, -0.2) is 4.98 Å². The summed E-state index contributed by atoms with van der Waals surface area (Å²) in [5.41, 5.74) is 6.85. The van der Waals surface area contributed by atoms with Crippen LogP contribution in [0.3, 0.4) is 0 Å². The number of nitrogens with zero attached hydrogens (tertiary/aromatic N) is 4. The SMILES string of the molecule is [2H]C([2H])(c1[c-]c(-n2[c-][n+](-c3ccccc3)c3ccccc32)ccc1)c1[c-]c2c(cc1)c1ccccc1n2-c1nccc2occc12.[Pt]. The molecular weight excluding hydrogens is 736 g/mol. The summed E-state index contributed by atoms with van der Waals surface area (Å²) in [5, 5.41) is 2.88. The number of benzene rings is 5. The molecule has 4 heterocycles. The molecular formula is C39H24N4OPt-2. The normalized spacial score (nSPS) is 12.4. The van der Waals surface area contributed by atoms with E-state index in [1.807, 2.05) is 111 Å². The summed E-state index contributed by atoms with van der Waals surface area (Å²) in [6.45, 7) is 0. The zero-order valence-corrected chi connectivity index (χ0v) is 26.0. The minimum atomic E-state index is -1.90. The fourth-order valence-electron chi connectivity index (χ4n) is 6.06. The van der Waals surface area contributed by atoms with Gasteiger partial charge in [0.2, 0.25) is 0 Å². The van der Waals surface area contributed by atoms with E-state index < -0.39 is 6.37 Å². The second-order valence-corrected chi connectivity index (χ2v) is 10.6. The van der Waals surface area contributed by atoms with Crippen molar-refractivity contribution in [3.8, 4) is 17.2 Å². The van der Waals surface area contributed by atoms with E-state index in [2.05, 4.69) is 36.7 Å². The Kier molecular flexibility index (Phi) is 6.16. The summed E-state index contributed by atoms with van der Waals surface area (Å²) < 4.78 is 30.5. The van der Waals surface area contributed by atoms with E-state index in [1.165, 1.54) is 0 Å². The van der Waals surface area contributed by atoms with E-state index in [1.54, 1.807) is 18.5 Å². The molecule has 9 aromatic rings. The van der Waals surface area contributed by atoms with E-state index in [0.29, 0.717) is 22.6 Å². The van der Waals surface area contributed by atoms with Crippen LogP contribution >= 0.6 is 0 Å². The first-order chi connectivity index (χ1) is 22.6. The molecule has 0 saturated carbocycles. The molecule has 0 fully saturated rings. The van der Waals surface area contributed by atoms with Crippen LogP contribution < -0.4 is 4.57 Å². The van der Waals surface area contributed by atoms with Gasteiger partial charge >= 0.3 is 0 Å². The van der Waals surface area contributed by atoms with Crippen molar-refractivity contribution in [1.29, 1.82) is 0 Å². The van der Waals surface area contributed by atoms with Crippen LogP contribution in [0.15, 0.2) is 138 Å². The average molecular weight is 762 g/mol. The van der Waals surface area contributed by atoms with Crippen molar-refractivity contribution in [2.45, 2.75) is 6.37 Å². The predicted molar refractivity (Wildman–Crippen MR) is 172 cm³/mol. The first kappa shape index (κ1) is 25.1. The summed E-state index contributed by atoms with van der Waals surface area (Å²) in [6.07, 6.45) is 4.96. The third-order valence-corrected chi connectivity index (χ3v) is 8.02. The maximum Gasteiger partial charge on any atom is 0.268 e. The van der Waals surface area contributed by atoms with Gasteiger partial charge in [-0.3, -0.25) is 4.57 Å². The topological polar surface area (TPSA) is 39.8 Å². The fraction of sp³-hybridized carbons (Fsp3) is 0.0256. The number of hydrogen-bond acceptors (Lipinski definition) is 2. The van der Waals surface area contributed by atoms with Gasteiger partial charge in [0.1, 0.15) is 11.4 Å². The molecule has 0 unspecified atom stereocenters. The first-order valence-electron chi connectivity index (χ1n) is 15.4. The smallest absolute Gasteiger partial charge is 0.268 e. The van der Waals surface area contributed by atoms with Gasteiger partial charge in [0.15, 0.2) is 0 Å². The molecule has 0 saturated heterocycles. The molecule has 0 aliphatic rings. The van der Waals surface area contributed by atoms with Crippen LogP contribution in [0.5, 0.6) is 0 Å². The van der Waals surface area contributed by atoms with Crippen molar-refractivity contribution in [3.05, 3.63) is 163 Å². The van der Waals surface area contributed by atoms with Crippen LogP contribution in [-0.4, -0.2) is 14.1 Å². The largest absolute Gasteiger partial charge is 0.464 e. The maximum absolute atomic E-state index is 9.40. The summed E-state index contributed by atoms with van der Waals surface area (Å²) >= 11 is 0. The molecule has 6 heteroatoms. The second kappa shape index (κ2) is 11.0. The van der Waals surface area contributed by atoms with E-state index in [-0.39, 0.29) is 21.1 Å². The predicted octanol–water partition coefficient (Wildman–Crippen LogP) is 8.13. The molecule has 5 nitrogen and oxygen atoms in total. The molecule has 0 aliphatic carbocycles. The Bertz CT molecular complexity index is 2590. The Hall–Kier alpha value is -5.25. The summed E-state index contributed by atoms with van der Waals surface area (Å²) in [4.78, 5) is 4.74. The number of furan rings is 1. The molecule has 0 N–H and O–H groups in total. The average Bonchev–Trinajstić information content (AvgIpc) is 3.83. The van der Waals surface area contributed by atoms with E-state index in [9.17, 15) is 2.74 Å². The minimum absolute atomic E-state index is 0. The van der Waals surface area contributed by atoms with Crippen molar-refractivity contribution < 1.29 is 32.8 Å². The van der Waals surface area contributed by atoms with Crippen LogP contribution in [0.2, 0.25) is 0 Å². The van der Waals surface area contributed by atoms with Crippen molar-refractivity contribution in [2.24, 2.45) is 0 Å². The van der Waals surface area contributed by atoms with Crippen LogP contribution in [-0.2, 0) is 27.4 Å². The number of imidazole rings is 1. The van der Waals surface area contributed by atoms with Crippen LogP contribution in [0.25, 0.3) is 61.0 Å². The Morgan fingerprint density at radius 2 is 1.51 bits per heavy atom. The molecule has 0 radical (unpaired) electrons. The van der Waals surface area contributed by atoms with Gasteiger partial charge in [-0.05, 0) is 47.8 Å². The number of para-hydroxylation sites is 4. The van der Waals surface area contributed by atoms with Gasteiger partial charge in [-0.2, -0.15) is 53.6 Å². The van der Waals surface area contributed by atoms with E-state index >= 15 is 0 Å². The monoisotopic (exact) mass is 761 g/mol. The maximum atomic E-state index is 9.40. The molecule has 0 amide bonds. The summed E-state index contributed by atoms with van der Waals surface area (Å²) in [7, 11) is 0. The first-order valence-corrected chi connectivity index (χ1v) is 14.4. The quantitative estimate of drug-likeness (QED) is 0.131. The van der Waals surface area contributed by atoms with Crippen molar-refractivity contribution in [2.75, 3.05) is 0 Å². The second-order valence-electron chi connectivity index (χ2n) is 10.6. The number of rotatable bonds is 5. The van der Waals surface area contributed by atoms with Gasteiger partial charge in [-0.15, -0.1) is 5.39 Å². The van der Waals surface area contributed by atoms with Gasteiger partial charge in [0.25, 0.3) is 6.33 Å². The van der Waals surface area contributed by atoms with Gasteiger partial charge < -0.3 is 13.6 Å². The molecule has 4 aromatic heterocycles. The number of fused-ring (bicyclic) bond motifs is 5. The van der Waals surface area contributed by atoms with Crippen molar-refractivity contribution in [1.82, 2.24) is 14.1 Å². The van der Waals surface area contributed by atoms with Crippen LogP contribution in [0.4, 0.5) is 0 Å². The van der Waals surface area contributed by atoms with E-state index in [0.717, 1.165) is 49.5 Å². The van der Waals surface area contributed by atoms with Crippen molar-refractivity contribution >= 4 is 43.8 Å². The Morgan fingerprint density at radius 3 is 2.42 bits per heavy atom. The number of aromatic nitrogens is 4. The molecule has 218 valence electrons. The Balaban J connectivity index is 0.00000324. The van der Waals surface area contributed by atoms with Gasteiger partial charge in [-0.1, -0.05) is 66.2 Å². The zero-order valence-electron chi connectivity index (χ0n) is 25.7. The van der Waals surface area contributed by atoms with Crippen LogP contribution in [0.1, 0.15) is 13.9 Å². The molecule has 9 rings (SSSR count). The summed E-state index contributed by atoms with van der Waals surface area (Å²) in [5.74, 6) is 0.710. The molecule has 0 bridgehead atoms. The van der Waals surface area contributed by atoms with Gasteiger partial charge in [0.05, 0.1) is 28.4 Å². The van der Waals surface area contributed by atoms with Gasteiger partial charge in [0, 0.05) is 35.5 Å². The standard InChI is InChI=1S/C39H24N4O.Pt/c1-2-10-29(11-3-1)41-26-42(36-16-7-6-15-35(36)41)30-12-8-9-27(24-30)23-28-17-18-32-31-13-4-5-14-34(31)43(37(32)25-28)39-33-20-22-44-38(33)19-21-40-39;/h1-22H,23H2;/q-2;/i23D2;. The van der Waals surface area contributed by atoms with E-state index in [4.69, 9.17) is 9.40 Å². The van der Waals surface area contributed by atoms with Crippen molar-refractivity contribution in [3.63, 3.8) is 0 Å². The molecule has 45 heavy (non-hydrogen) atoms. The third-order valence-electron chi connectivity index (χ3n) is 8.02. The summed E-state index contributed by atoms with van der Waals surface area (Å²) in [6, 6.07) is 46.3. The molecule has 0 spiro atoms.